The second kappa shape index (κ2) is 7.43. The molecule has 2 aromatic heterocycles. The zero-order valence-corrected chi connectivity index (χ0v) is 15.4. The molecule has 2 N–H and O–H groups in total. The summed E-state index contributed by atoms with van der Waals surface area (Å²) in [5.41, 5.74) is 0.834. The maximum Gasteiger partial charge on any atom is 0.321 e. The summed E-state index contributed by atoms with van der Waals surface area (Å²) >= 11 is 2.88. The molecule has 0 spiro atoms. The number of nitrogens with zero attached hydrogens (tertiary/aromatic N) is 2. The van der Waals surface area contributed by atoms with Crippen molar-refractivity contribution in [3.05, 3.63) is 41.8 Å². The fourth-order valence-electron chi connectivity index (χ4n) is 2.42. The lowest BCUT2D eigenvalue weighted by molar-refractivity contribution is -0.117. The third kappa shape index (κ3) is 4.03. The quantitative estimate of drug-likeness (QED) is 0.520. The molecule has 0 saturated heterocycles. The van der Waals surface area contributed by atoms with Gasteiger partial charge in [0.2, 0.25) is 5.91 Å². The number of hydrogen-bond acceptors (Lipinski definition) is 6. The number of carbonyl (C=O) groups excluding carboxylic acids is 2. The highest BCUT2D eigenvalue weighted by molar-refractivity contribution is 8.00. The van der Waals surface area contributed by atoms with Gasteiger partial charge in [0.25, 0.3) is 0 Å². The molecule has 0 atom stereocenters. The first-order valence-corrected chi connectivity index (χ1v) is 10.1. The van der Waals surface area contributed by atoms with E-state index in [1.807, 2.05) is 41.8 Å². The molecule has 0 radical (unpaired) electrons. The first kappa shape index (κ1) is 17.0. The molecule has 132 valence electrons. The molecule has 1 saturated carbocycles. The molecule has 0 aliphatic heterocycles. The molecule has 1 aromatic carbocycles. The van der Waals surface area contributed by atoms with E-state index < -0.39 is 6.03 Å². The summed E-state index contributed by atoms with van der Waals surface area (Å²) in [5.74, 6) is 0.421. The molecule has 0 unspecified atom stereocenters. The minimum atomic E-state index is -0.426. The van der Waals surface area contributed by atoms with E-state index in [-0.39, 0.29) is 17.7 Å². The highest BCUT2D eigenvalue weighted by Crippen LogP contribution is 2.29. The van der Waals surface area contributed by atoms with Crippen LogP contribution in [0, 0.1) is 0 Å². The number of thiophene rings is 1. The number of imide groups is 1. The average Bonchev–Trinajstić information content (AvgIpc) is 3.27. The van der Waals surface area contributed by atoms with Crippen LogP contribution in [0.1, 0.15) is 12.8 Å². The highest BCUT2D eigenvalue weighted by Gasteiger charge is 2.24. The van der Waals surface area contributed by atoms with Crippen molar-refractivity contribution in [2.75, 3.05) is 5.75 Å². The monoisotopic (exact) mass is 384 g/mol. The molecule has 3 amide bonds. The van der Waals surface area contributed by atoms with Gasteiger partial charge in [-0.1, -0.05) is 36.0 Å². The number of nitrogens with one attached hydrogen (secondary N) is 2. The molecule has 1 fully saturated rings. The molecular formula is C18H16N4O2S2. The number of carbonyl (C=O) groups is 2. The van der Waals surface area contributed by atoms with Crippen molar-refractivity contribution in [2.24, 2.45) is 0 Å². The van der Waals surface area contributed by atoms with Crippen LogP contribution >= 0.6 is 23.1 Å². The van der Waals surface area contributed by atoms with E-state index in [2.05, 4.69) is 20.6 Å². The lowest BCUT2D eigenvalue weighted by Gasteiger charge is -2.08. The maximum absolute atomic E-state index is 12.0. The number of rotatable bonds is 5. The lowest BCUT2D eigenvalue weighted by Crippen LogP contribution is -2.41. The van der Waals surface area contributed by atoms with E-state index >= 15 is 0 Å². The van der Waals surface area contributed by atoms with E-state index in [1.165, 1.54) is 11.8 Å². The Labute approximate surface area is 158 Å². The molecule has 6 nitrogen and oxygen atoms in total. The normalized spacial score (nSPS) is 13.5. The van der Waals surface area contributed by atoms with Crippen LogP contribution in [-0.4, -0.2) is 33.7 Å². The van der Waals surface area contributed by atoms with Crippen molar-refractivity contribution in [1.82, 2.24) is 20.6 Å². The van der Waals surface area contributed by atoms with Crippen LogP contribution < -0.4 is 10.6 Å². The third-order valence-electron chi connectivity index (χ3n) is 3.82. The Morgan fingerprint density at radius 2 is 2.00 bits per heavy atom. The van der Waals surface area contributed by atoms with Gasteiger partial charge in [-0.3, -0.25) is 10.1 Å². The summed E-state index contributed by atoms with van der Waals surface area (Å²) in [6, 6.07) is 11.4. The third-order valence-corrected chi connectivity index (χ3v) is 5.67. The Morgan fingerprint density at radius 3 is 2.77 bits per heavy atom. The summed E-state index contributed by atoms with van der Waals surface area (Å²) in [6.07, 6.45) is 1.96. The fourth-order valence-corrected chi connectivity index (χ4v) is 3.90. The zero-order chi connectivity index (χ0) is 17.9. The van der Waals surface area contributed by atoms with Crippen LogP contribution in [-0.2, 0) is 4.79 Å². The number of urea groups is 1. The highest BCUT2D eigenvalue weighted by atomic mass is 32.2. The number of amides is 3. The van der Waals surface area contributed by atoms with Gasteiger partial charge in [0.05, 0.1) is 16.1 Å². The van der Waals surface area contributed by atoms with Crippen LogP contribution in [0.25, 0.3) is 21.6 Å². The van der Waals surface area contributed by atoms with E-state index in [4.69, 9.17) is 0 Å². The Morgan fingerprint density at radius 1 is 1.15 bits per heavy atom. The van der Waals surface area contributed by atoms with E-state index in [1.54, 1.807) is 11.3 Å². The van der Waals surface area contributed by atoms with Gasteiger partial charge in [0.1, 0.15) is 5.03 Å². The van der Waals surface area contributed by atoms with Gasteiger partial charge < -0.3 is 5.32 Å². The first-order chi connectivity index (χ1) is 12.7. The van der Waals surface area contributed by atoms with Gasteiger partial charge in [-0.15, -0.1) is 11.3 Å². The Balaban J connectivity index is 1.51. The Bertz CT molecular complexity index is 955. The standard InChI is InChI=1S/C18H16N4O2S2/c23-15(21-18(24)19-11-7-8-11)10-26-17-12-4-1-2-5-13(12)20-16(22-17)14-6-3-9-25-14/h1-6,9,11H,7-8,10H2,(H2,19,21,23,24). The zero-order valence-electron chi connectivity index (χ0n) is 13.8. The van der Waals surface area contributed by atoms with E-state index in [0.29, 0.717) is 5.82 Å². The summed E-state index contributed by atoms with van der Waals surface area (Å²) in [4.78, 5) is 33.9. The number of fused-ring (bicyclic) bond motifs is 1. The van der Waals surface area contributed by atoms with Crippen molar-refractivity contribution in [2.45, 2.75) is 23.9 Å². The predicted molar refractivity (Wildman–Crippen MR) is 103 cm³/mol. The number of thioether (sulfide) groups is 1. The number of aromatic nitrogens is 2. The van der Waals surface area contributed by atoms with Crippen molar-refractivity contribution >= 4 is 45.9 Å². The van der Waals surface area contributed by atoms with Crippen molar-refractivity contribution in [3.63, 3.8) is 0 Å². The molecule has 4 rings (SSSR count). The van der Waals surface area contributed by atoms with Gasteiger partial charge in [-0.2, -0.15) is 0 Å². The minimum absolute atomic E-state index is 0.114. The second-order valence-electron chi connectivity index (χ2n) is 5.93. The van der Waals surface area contributed by atoms with Crippen molar-refractivity contribution in [1.29, 1.82) is 0 Å². The largest absolute Gasteiger partial charge is 0.335 e. The van der Waals surface area contributed by atoms with Gasteiger partial charge in [-0.25, -0.2) is 14.8 Å². The average molecular weight is 384 g/mol. The number of benzene rings is 1. The number of hydrogen-bond donors (Lipinski definition) is 2. The van der Waals surface area contributed by atoms with E-state index in [9.17, 15) is 9.59 Å². The van der Waals surface area contributed by atoms with Crippen LogP contribution in [0.5, 0.6) is 0 Å². The maximum atomic E-state index is 12.0. The SMILES string of the molecule is O=C(CSc1nc(-c2cccs2)nc2ccccc12)NC(=O)NC1CC1. The molecule has 1 aliphatic carbocycles. The summed E-state index contributed by atoms with van der Waals surface area (Å²) in [5, 5.41) is 8.70. The molecule has 0 bridgehead atoms. The number of para-hydroxylation sites is 1. The van der Waals surface area contributed by atoms with Gasteiger partial charge in [0, 0.05) is 11.4 Å². The van der Waals surface area contributed by atoms with Gasteiger partial charge in [-0.05, 0) is 30.4 Å². The lowest BCUT2D eigenvalue weighted by atomic mass is 10.2. The predicted octanol–water partition coefficient (Wildman–Crippen LogP) is 3.44. The summed E-state index contributed by atoms with van der Waals surface area (Å²) in [7, 11) is 0. The smallest absolute Gasteiger partial charge is 0.321 e. The molecular weight excluding hydrogens is 368 g/mol. The van der Waals surface area contributed by atoms with Crippen molar-refractivity contribution < 1.29 is 9.59 Å². The van der Waals surface area contributed by atoms with E-state index in [0.717, 1.165) is 33.6 Å². The Hall–Kier alpha value is -2.45. The first-order valence-electron chi connectivity index (χ1n) is 8.23. The van der Waals surface area contributed by atoms with Crippen LogP contribution in [0.15, 0.2) is 46.8 Å². The summed E-state index contributed by atoms with van der Waals surface area (Å²) in [6.45, 7) is 0. The van der Waals surface area contributed by atoms with Gasteiger partial charge in [0.15, 0.2) is 5.82 Å². The molecule has 8 heteroatoms. The second-order valence-corrected chi connectivity index (χ2v) is 7.84. The topological polar surface area (TPSA) is 84.0 Å². The Kier molecular flexibility index (Phi) is 4.85. The summed E-state index contributed by atoms with van der Waals surface area (Å²) < 4.78 is 0. The fraction of sp³-hybridized carbons (Fsp3) is 0.222. The molecule has 3 aromatic rings. The van der Waals surface area contributed by atoms with Gasteiger partial charge >= 0.3 is 6.03 Å². The molecule has 26 heavy (non-hydrogen) atoms. The van der Waals surface area contributed by atoms with Crippen LogP contribution in [0.3, 0.4) is 0 Å². The van der Waals surface area contributed by atoms with Crippen LogP contribution in [0.4, 0.5) is 4.79 Å². The minimum Gasteiger partial charge on any atom is -0.335 e. The van der Waals surface area contributed by atoms with Crippen LogP contribution in [0.2, 0.25) is 0 Å². The molecule has 2 heterocycles. The molecule has 1 aliphatic rings. The van der Waals surface area contributed by atoms with Crippen molar-refractivity contribution in [3.8, 4) is 10.7 Å².